The maximum absolute atomic E-state index is 13.3. The number of hydrogen-bond acceptors (Lipinski definition) is 4. The standard InChI is InChI=1S/C26H27N3O3/c1-32-23-11-9-22(10-12-23)28-25(30)15-24-21(14-19-6-3-2-4-7-19)18-29(26(24)31)17-20-8-5-13-27-16-20/h2-13,16,21,24H,14-15,17-18H2,1H3,(H,28,30). The van der Waals surface area contributed by atoms with Gasteiger partial charge in [-0.3, -0.25) is 14.6 Å². The Balaban J connectivity index is 1.47. The van der Waals surface area contributed by atoms with Gasteiger partial charge in [0, 0.05) is 37.6 Å². The first-order valence-electron chi connectivity index (χ1n) is 10.8. The fourth-order valence-electron chi connectivity index (χ4n) is 4.25. The highest BCUT2D eigenvalue weighted by Crippen LogP contribution is 2.32. The molecular formula is C26H27N3O3. The lowest BCUT2D eigenvalue weighted by atomic mass is 9.87. The number of carbonyl (C=O) groups is 2. The summed E-state index contributed by atoms with van der Waals surface area (Å²) in [5, 5.41) is 2.91. The molecule has 3 aromatic rings. The van der Waals surface area contributed by atoms with Crippen molar-refractivity contribution >= 4 is 17.5 Å². The largest absolute Gasteiger partial charge is 0.497 e. The lowest BCUT2D eigenvalue weighted by molar-refractivity contribution is -0.133. The van der Waals surface area contributed by atoms with Gasteiger partial charge in [0.25, 0.3) is 0 Å². The number of aromatic nitrogens is 1. The van der Waals surface area contributed by atoms with Crippen LogP contribution in [0.15, 0.2) is 79.1 Å². The Bertz CT molecular complexity index is 1040. The summed E-state index contributed by atoms with van der Waals surface area (Å²) in [7, 11) is 1.60. The molecule has 1 saturated heterocycles. The van der Waals surface area contributed by atoms with Crippen LogP contribution >= 0.6 is 0 Å². The molecule has 1 aliphatic heterocycles. The monoisotopic (exact) mass is 429 g/mol. The third-order valence-electron chi connectivity index (χ3n) is 5.87. The molecule has 6 nitrogen and oxygen atoms in total. The van der Waals surface area contributed by atoms with Crippen LogP contribution in [0, 0.1) is 11.8 Å². The second-order valence-corrected chi connectivity index (χ2v) is 8.12. The van der Waals surface area contributed by atoms with Crippen molar-refractivity contribution in [2.45, 2.75) is 19.4 Å². The van der Waals surface area contributed by atoms with E-state index in [1.54, 1.807) is 43.8 Å². The van der Waals surface area contributed by atoms with Crippen LogP contribution in [0.3, 0.4) is 0 Å². The predicted octanol–water partition coefficient (Wildman–Crippen LogP) is 3.94. The summed E-state index contributed by atoms with van der Waals surface area (Å²) in [5.41, 5.74) is 2.85. The summed E-state index contributed by atoms with van der Waals surface area (Å²) in [6.07, 6.45) is 4.42. The van der Waals surface area contributed by atoms with E-state index >= 15 is 0 Å². The van der Waals surface area contributed by atoms with Crippen molar-refractivity contribution in [1.29, 1.82) is 0 Å². The van der Waals surface area contributed by atoms with Gasteiger partial charge in [-0.25, -0.2) is 0 Å². The van der Waals surface area contributed by atoms with E-state index in [0.29, 0.717) is 18.8 Å². The van der Waals surface area contributed by atoms with E-state index in [4.69, 9.17) is 4.74 Å². The Morgan fingerprint density at radius 1 is 1.06 bits per heavy atom. The van der Waals surface area contributed by atoms with E-state index < -0.39 is 0 Å². The van der Waals surface area contributed by atoms with Crippen LogP contribution in [0.2, 0.25) is 0 Å². The van der Waals surface area contributed by atoms with E-state index in [2.05, 4.69) is 22.4 Å². The molecule has 0 saturated carbocycles. The average Bonchev–Trinajstić information content (AvgIpc) is 3.09. The lowest BCUT2D eigenvalue weighted by Crippen LogP contribution is -2.29. The van der Waals surface area contributed by atoms with Crippen LogP contribution in [0.1, 0.15) is 17.5 Å². The van der Waals surface area contributed by atoms with Crippen molar-refractivity contribution in [3.8, 4) is 5.75 Å². The fraction of sp³-hybridized carbons (Fsp3) is 0.269. The van der Waals surface area contributed by atoms with Crippen molar-refractivity contribution < 1.29 is 14.3 Å². The minimum atomic E-state index is -0.356. The molecule has 2 unspecified atom stereocenters. The zero-order valence-corrected chi connectivity index (χ0v) is 18.1. The molecule has 1 N–H and O–H groups in total. The molecule has 0 bridgehead atoms. The van der Waals surface area contributed by atoms with Gasteiger partial charge in [-0.2, -0.15) is 0 Å². The molecule has 2 amide bonds. The fourth-order valence-corrected chi connectivity index (χ4v) is 4.25. The first kappa shape index (κ1) is 21.6. The van der Waals surface area contributed by atoms with Crippen LogP contribution in [0.25, 0.3) is 0 Å². The second kappa shape index (κ2) is 10.1. The smallest absolute Gasteiger partial charge is 0.226 e. The molecule has 2 heterocycles. The van der Waals surface area contributed by atoms with Gasteiger partial charge in [-0.15, -0.1) is 0 Å². The third-order valence-corrected chi connectivity index (χ3v) is 5.87. The number of pyridine rings is 1. The van der Waals surface area contributed by atoms with E-state index in [1.165, 1.54) is 5.56 Å². The molecule has 0 radical (unpaired) electrons. The second-order valence-electron chi connectivity index (χ2n) is 8.12. The number of ether oxygens (including phenoxy) is 1. The maximum atomic E-state index is 13.3. The first-order chi connectivity index (χ1) is 15.6. The number of likely N-dealkylation sites (tertiary alicyclic amines) is 1. The molecule has 0 aliphatic carbocycles. The SMILES string of the molecule is COc1ccc(NC(=O)CC2C(=O)N(Cc3cccnc3)CC2Cc2ccccc2)cc1. The molecule has 0 spiro atoms. The Labute approximate surface area is 188 Å². The average molecular weight is 430 g/mol. The van der Waals surface area contributed by atoms with Crippen molar-refractivity contribution in [3.63, 3.8) is 0 Å². The van der Waals surface area contributed by atoms with E-state index in [-0.39, 0.29) is 30.1 Å². The molecule has 2 aromatic carbocycles. The minimum absolute atomic E-state index is 0.0275. The molecule has 6 heteroatoms. The van der Waals surface area contributed by atoms with E-state index in [9.17, 15) is 9.59 Å². The zero-order chi connectivity index (χ0) is 22.3. The molecule has 4 rings (SSSR count). The van der Waals surface area contributed by atoms with Crippen molar-refractivity contribution in [2.24, 2.45) is 11.8 Å². The minimum Gasteiger partial charge on any atom is -0.497 e. The summed E-state index contributed by atoms with van der Waals surface area (Å²) < 4.78 is 5.16. The van der Waals surface area contributed by atoms with Gasteiger partial charge in [0.05, 0.1) is 13.0 Å². The third kappa shape index (κ3) is 5.32. The number of hydrogen-bond donors (Lipinski definition) is 1. The van der Waals surface area contributed by atoms with E-state index in [1.807, 2.05) is 35.2 Å². The first-order valence-corrected chi connectivity index (χ1v) is 10.8. The maximum Gasteiger partial charge on any atom is 0.226 e. The van der Waals surface area contributed by atoms with Gasteiger partial charge < -0.3 is 15.0 Å². The summed E-state index contributed by atoms with van der Waals surface area (Å²) >= 11 is 0. The molecular weight excluding hydrogens is 402 g/mol. The molecule has 2 atom stereocenters. The van der Waals surface area contributed by atoms with Crippen molar-refractivity contribution in [1.82, 2.24) is 9.88 Å². The Hall–Kier alpha value is -3.67. The molecule has 32 heavy (non-hydrogen) atoms. The summed E-state index contributed by atoms with van der Waals surface area (Å²) in [6, 6.07) is 21.2. The van der Waals surface area contributed by atoms with Crippen molar-refractivity contribution in [2.75, 3.05) is 19.0 Å². The highest BCUT2D eigenvalue weighted by atomic mass is 16.5. The quantitative estimate of drug-likeness (QED) is 0.589. The summed E-state index contributed by atoms with van der Waals surface area (Å²) in [4.78, 5) is 32.1. The number of anilines is 1. The highest BCUT2D eigenvalue weighted by molar-refractivity contribution is 5.94. The van der Waals surface area contributed by atoms with Gasteiger partial charge in [0.1, 0.15) is 5.75 Å². The van der Waals surface area contributed by atoms with Crippen LogP contribution in [-0.4, -0.2) is 35.4 Å². The van der Waals surface area contributed by atoms with Crippen LogP contribution in [-0.2, 0) is 22.6 Å². The Morgan fingerprint density at radius 3 is 2.50 bits per heavy atom. The van der Waals surface area contributed by atoms with Crippen LogP contribution in [0.4, 0.5) is 5.69 Å². The number of nitrogens with zero attached hydrogens (tertiary/aromatic N) is 2. The number of nitrogens with one attached hydrogen (secondary N) is 1. The van der Waals surface area contributed by atoms with Crippen LogP contribution < -0.4 is 10.1 Å². The lowest BCUT2D eigenvalue weighted by Gasteiger charge is -2.16. The molecule has 1 fully saturated rings. The zero-order valence-electron chi connectivity index (χ0n) is 18.1. The summed E-state index contributed by atoms with van der Waals surface area (Å²) in [6.45, 7) is 1.14. The van der Waals surface area contributed by atoms with Gasteiger partial charge in [0.15, 0.2) is 0 Å². The molecule has 164 valence electrons. The van der Waals surface area contributed by atoms with Gasteiger partial charge >= 0.3 is 0 Å². The van der Waals surface area contributed by atoms with E-state index in [0.717, 1.165) is 17.7 Å². The number of carbonyl (C=O) groups excluding carboxylic acids is 2. The normalized spacial score (nSPS) is 17.9. The topological polar surface area (TPSA) is 71.5 Å². The number of benzene rings is 2. The number of rotatable bonds is 8. The molecule has 1 aromatic heterocycles. The number of methoxy groups -OCH3 is 1. The predicted molar refractivity (Wildman–Crippen MR) is 123 cm³/mol. The van der Waals surface area contributed by atoms with Crippen molar-refractivity contribution in [3.05, 3.63) is 90.3 Å². The Kier molecular flexibility index (Phi) is 6.80. The Morgan fingerprint density at radius 2 is 1.81 bits per heavy atom. The van der Waals surface area contributed by atoms with Gasteiger partial charge in [-0.05, 0) is 53.8 Å². The van der Waals surface area contributed by atoms with Gasteiger partial charge in [0.2, 0.25) is 11.8 Å². The van der Waals surface area contributed by atoms with Crippen LogP contribution in [0.5, 0.6) is 5.75 Å². The summed E-state index contributed by atoms with van der Waals surface area (Å²) in [5.74, 6) is 0.311. The molecule has 1 aliphatic rings. The number of amides is 2. The van der Waals surface area contributed by atoms with Gasteiger partial charge in [-0.1, -0.05) is 36.4 Å². The highest BCUT2D eigenvalue weighted by Gasteiger charge is 2.41.